The van der Waals surface area contributed by atoms with Crippen LogP contribution < -0.4 is 10.6 Å². The fourth-order valence-electron chi connectivity index (χ4n) is 3.82. The van der Waals surface area contributed by atoms with E-state index in [4.69, 9.17) is 4.74 Å². The van der Waals surface area contributed by atoms with E-state index >= 15 is 0 Å². The van der Waals surface area contributed by atoms with Crippen molar-refractivity contribution >= 4 is 29.3 Å². The molecule has 174 valence electrons. The average molecular weight is 462 g/mol. The van der Waals surface area contributed by atoms with Gasteiger partial charge in [-0.2, -0.15) is 22.7 Å². The van der Waals surface area contributed by atoms with E-state index in [1.54, 1.807) is 6.07 Å². The van der Waals surface area contributed by atoms with E-state index in [2.05, 4.69) is 25.7 Å². The molecule has 0 spiro atoms. The number of pyridine rings is 2. The fourth-order valence-corrected chi connectivity index (χ4v) is 3.82. The molecule has 1 saturated carbocycles. The molecule has 1 aliphatic rings. The number of esters is 1. The Morgan fingerprint density at radius 3 is 2.58 bits per heavy atom. The van der Waals surface area contributed by atoms with Gasteiger partial charge in [-0.15, -0.1) is 5.10 Å². The SMILES string of the molecule is COC(=O)[C@H]1CC[C@H](Nc2cc(C(F)(F)F)cc3nc(NC(=O)c4cccnc4)nn23)CC1. The summed E-state index contributed by atoms with van der Waals surface area (Å²) in [5, 5.41) is 9.75. The van der Waals surface area contributed by atoms with Crippen molar-refractivity contribution in [3.63, 3.8) is 0 Å². The van der Waals surface area contributed by atoms with Crippen molar-refractivity contribution in [1.82, 2.24) is 19.6 Å². The number of ether oxygens (including phenoxy) is 1. The van der Waals surface area contributed by atoms with E-state index in [-0.39, 0.29) is 40.9 Å². The molecule has 0 bridgehead atoms. The number of nitrogens with one attached hydrogen (secondary N) is 2. The van der Waals surface area contributed by atoms with Crippen LogP contribution in [0.4, 0.5) is 24.9 Å². The summed E-state index contributed by atoms with van der Waals surface area (Å²) in [5.41, 5.74) is -0.705. The molecule has 1 fully saturated rings. The lowest BCUT2D eigenvalue weighted by atomic mass is 9.86. The molecular weight excluding hydrogens is 441 g/mol. The second-order valence-corrected chi connectivity index (χ2v) is 7.74. The first kappa shape index (κ1) is 22.5. The zero-order valence-electron chi connectivity index (χ0n) is 17.6. The number of halogens is 3. The maximum Gasteiger partial charge on any atom is 0.416 e. The first-order valence-corrected chi connectivity index (χ1v) is 10.3. The Morgan fingerprint density at radius 1 is 1.18 bits per heavy atom. The third kappa shape index (κ3) is 5.04. The van der Waals surface area contributed by atoms with E-state index in [1.807, 2.05) is 0 Å². The largest absolute Gasteiger partial charge is 0.469 e. The van der Waals surface area contributed by atoms with E-state index in [9.17, 15) is 22.8 Å². The van der Waals surface area contributed by atoms with Gasteiger partial charge in [0.1, 0.15) is 5.82 Å². The minimum Gasteiger partial charge on any atom is -0.469 e. The Kier molecular flexibility index (Phi) is 6.16. The van der Waals surface area contributed by atoms with Crippen LogP contribution in [0.15, 0.2) is 36.7 Å². The molecular formula is C21H21F3N6O3. The Morgan fingerprint density at radius 2 is 1.94 bits per heavy atom. The van der Waals surface area contributed by atoms with Gasteiger partial charge in [0.25, 0.3) is 5.91 Å². The van der Waals surface area contributed by atoms with Crippen LogP contribution in [0, 0.1) is 5.92 Å². The lowest BCUT2D eigenvalue weighted by Crippen LogP contribution is -2.30. The number of aromatic nitrogens is 4. The third-order valence-electron chi connectivity index (χ3n) is 5.53. The number of methoxy groups -OCH3 is 1. The van der Waals surface area contributed by atoms with Crippen LogP contribution in [0.2, 0.25) is 0 Å². The Balaban J connectivity index is 1.59. The van der Waals surface area contributed by atoms with Crippen molar-refractivity contribution in [3.05, 3.63) is 47.8 Å². The summed E-state index contributed by atoms with van der Waals surface area (Å²) >= 11 is 0. The van der Waals surface area contributed by atoms with Crippen LogP contribution in [0.5, 0.6) is 0 Å². The van der Waals surface area contributed by atoms with Gasteiger partial charge in [0.2, 0.25) is 5.95 Å². The van der Waals surface area contributed by atoms with Gasteiger partial charge in [0.15, 0.2) is 5.65 Å². The van der Waals surface area contributed by atoms with E-state index < -0.39 is 17.6 Å². The molecule has 0 unspecified atom stereocenters. The van der Waals surface area contributed by atoms with Crippen LogP contribution in [-0.2, 0) is 15.7 Å². The smallest absolute Gasteiger partial charge is 0.416 e. The van der Waals surface area contributed by atoms with Crippen LogP contribution in [0.3, 0.4) is 0 Å². The second-order valence-electron chi connectivity index (χ2n) is 7.74. The minimum absolute atomic E-state index is 0.0722. The number of hydrogen-bond donors (Lipinski definition) is 2. The molecule has 0 aromatic carbocycles. The molecule has 12 heteroatoms. The number of anilines is 2. The number of nitrogens with zero attached hydrogens (tertiary/aromatic N) is 4. The van der Waals surface area contributed by atoms with E-state index in [0.29, 0.717) is 25.7 Å². The van der Waals surface area contributed by atoms with Crippen LogP contribution in [0.1, 0.15) is 41.6 Å². The zero-order chi connectivity index (χ0) is 23.6. The zero-order valence-corrected chi connectivity index (χ0v) is 17.6. The topological polar surface area (TPSA) is 111 Å². The van der Waals surface area contributed by atoms with Gasteiger partial charge in [-0.1, -0.05) is 0 Å². The Bertz CT molecular complexity index is 1160. The van der Waals surface area contributed by atoms with Crippen LogP contribution in [0.25, 0.3) is 5.65 Å². The summed E-state index contributed by atoms with van der Waals surface area (Å²) in [7, 11) is 1.33. The molecule has 0 radical (unpaired) electrons. The normalized spacial score (nSPS) is 18.7. The molecule has 4 rings (SSSR count). The Hall–Kier alpha value is -3.70. The van der Waals surface area contributed by atoms with Crippen molar-refractivity contribution in [3.8, 4) is 0 Å². The highest BCUT2D eigenvalue weighted by atomic mass is 19.4. The van der Waals surface area contributed by atoms with E-state index in [1.165, 1.54) is 30.1 Å². The quantitative estimate of drug-likeness (QED) is 0.558. The van der Waals surface area contributed by atoms with Gasteiger partial charge in [-0.25, -0.2) is 0 Å². The second kappa shape index (κ2) is 9.04. The molecule has 3 heterocycles. The number of carbonyl (C=O) groups is 2. The maximum absolute atomic E-state index is 13.5. The van der Waals surface area contributed by atoms with E-state index in [0.717, 1.165) is 12.1 Å². The number of amides is 1. The Labute approximate surface area is 186 Å². The molecule has 33 heavy (non-hydrogen) atoms. The highest BCUT2D eigenvalue weighted by molar-refractivity contribution is 6.03. The van der Waals surface area contributed by atoms with Crippen molar-refractivity contribution in [2.24, 2.45) is 5.92 Å². The highest BCUT2D eigenvalue weighted by Gasteiger charge is 2.33. The van der Waals surface area contributed by atoms with Crippen molar-refractivity contribution in [2.45, 2.75) is 37.9 Å². The molecule has 0 aliphatic heterocycles. The molecule has 1 amide bonds. The number of carbonyl (C=O) groups excluding carboxylic acids is 2. The van der Waals surface area contributed by atoms with Crippen molar-refractivity contribution in [2.75, 3.05) is 17.7 Å². The number of alkyl halides is 3. The number of hydrogen-bond acceptors (Lipinski definition) is 7. The van der Waals surface area contributed by atoms with Gasteiger partial charge >= 0.3 is 12.1 Å². The van der Waals surface area contributed by atoms with Crippen molar-refractivity contribution in [1.29, 1.82) is 0 Å². The summed E-state index contributed by atoms with van der Waals surface area (Å²) in [6, 6.07) is 4.79. The summed E-state index contributed by atoms with van der Waals surface area (Å²) in [5.74, 6) is -1.07. The first-order valence-electron chi connectivity index (χ1n) is 10.3. The number of fused-ring (bicyclic) bond motifs is 1. The molecule has 0 saturated heterocycles. The molecule has 3 aromatic heterocycles. The summed E-state index contributed by atoms with van der Waals surface area (Å²) in [6.45, 7) is 0. The minimum atomic E-state index is -4.59. The van der Waals surface area contributed by atoms with Crippen molar-refractivity contribution < 1.29 is 27.5 Å². The monoisotopic (exact) mass is 462 g/mol. The lowest BCUT2D eigenvalue weighted by Gasteiger charge is -2.28. The maximum atomic E-state index is 13.5. The molecule has 3 aromatic rings. The van der Waals surface area contributed by atoms with Gasteiger partial charge in [-0.3, -0.25) is 19.9 Å². The fraction of sp³-hybridized carbons (Fsp3) is 0.381. The molecule has 1 aliphatic carbocycles. The average Bonchev–Trinajstić information content (AvgIpc) is 3.21. The molecule has 0 atom stereocenters. The van der Waals surface area contributed by atoms with Gasteiger partial charge in [-0.05, 0) is 49.9 Å². The molecule has 9 nitrogen and oxygen atoms in total. The van der Waals surface area contributed by atoms with Gasteiger partial charge < -0.3 is 10.1 Å². The lowest BCUT2D eigenvalue weighted by molar-refractivity contribution is -0.146. The third-order valence-corrected chi connectivity index (χ3v) is 5.53. The van der Waals surface area contributed by atoms with Crippen LogP contribution >= 0.6 is 0 Å². The standard InChI is InChI=1S/C21H21F3N6O3/c1-33-19(32)12-4-6-15(7-5-12)26-16-9-14(21(22,23)24)10-17-27-20(29-30(16)17)28-18(31)13-3-2-8-25-11-13/h2-3,8-12,15,26H,4-7H2,1H3,(H,28,29,31)/t12-,15-. The highest BCUT2D eigenvalue weighted by Crippen LogP contribution is 2.33. The van der Waals surface area contributed by atoms with Crippen LogP contribution in [-0.4, -0.2) is 44.6 Å². The predicted molar refractivity (Wildman–Crippen MR) is 112 cm³/mol. The summed E-state index contributed by atoms with van der Waals surface area (Å²) in [6.07, 6.45) is 0.561. The predicted octanol–water partition coefficient (Wildman–Crippen LogP) is 3.54. The van der Waals surface area contributed by atoms with Gasteiger partial charge in [0, 0.05) is 18.4 Å². The molecule has 2 N–H and O–H groups in total. The first-order chi connectivity index (χ1) is 15.7. The summed E-state index contributed by atoms with van der Waals surface area (Å²) < 4.78 is 46.4. The number of rotatable bonds is 5. The summed E-state index contributed by atoms with van der Waals surface area (Å²) in [4.78, 5) is 32.0. The van der Waals surface area contributed by atoms with Gasteiger partial charge in [0.05, 0.1) is 24.2 Å².